The molecule has 1 aromatic carbocycles. The van der Waals surface area contributed by atoms with Crippen molar-refractivity contribution in [3.63, 3.8) is 0 Å². The van der Waals surface area contributed by atoms with E-state index in [1.165, 1.54) is 4.90 Å². The van der Waals surface area contributed by atoms with Crippen LogP contribution in [-0.4, -0.2) is 35.1 Å². The normalized spacial score (nSPS) is 14.5. The number of carbonyl (C=O) groups excluding carboxylic acids is 2. The third-order valence-corrected chi connectivity index (χ3v) is 4.74. The number of aromatic nitrogens is 2. The molecule has 0 aliphatic carbocycles. The van der Waals surface area contributed by atoms with Crippen molar-refractivity contribution in [1.82, 2.24) is 15.5 Å². The molecule has 0 unspecified atom stereocenters. The molecule has 2 heterocycles. The number of fused-ring (bicyclic) bond motifs is 1. The van der Waals surface area contributed by atoms with Gasteiger partial charge < -0.3 is 14.6 Å². The number of nitrogens with one attached hydrogen (secondary N) is 1. The molecule has 28 heavy (non-hydrogen) atoms. The van der Waals surface area contributed by atoms with E-state index in [-0.39, 0.29) is 30.4 Å². The minimum absolute atomic E-state index is 0.111. The van der Waals surface area contributed by atoms with Crippen LogP contribution in [-0.2, 0) is 20.5 Å². The molecule has 0 atom stereocenters. The lowest BCUT2D eigenvalue weighted by Crippen LogP contribution is -2.49. The molecule has 0 fully saturated rings. The fourth-order valence-electron chi connectivity index (χ4n) is 2.72. The van der Waals surface area contributed by atoms with Gasteiger partial charge in [0, 0.05) is 9.89 Å². The number of amides is 2. The molecular formula is C19H23BrN4O4. The highest BCUT2D eigenvalue weighted by atomic mass is 79.9. The summed E-state index contributed by atoms with van der Waals surface area (Å²) in [7, 11) is 0. The Morgan fingerprint density at radius 2 is 2.00 bits per heavy atom. The Balaban J connectivity index is 1.75. The monoisotopic (exact) mass is 450 g/mol. The summed E-state index contributed by atoms with van der Waals surface area (Å²) in [6.45, 7) is 9.23. The first kappa shape index (κ1) is 20.3. The highest BCUT2D eigenvalue weighted by Gasteiger charge is 2.33. The fraction of sp³-hybridized carbons (Fsp3) is 0.474. The number of anilines is 1. The largest absolute Gasteiger partial charge is 0.482 e. The summed E-state index contributed by atoms with van der Waals surface area (Å²) in [5.41, 5.74) is -0.590. The van der Waals surface area contributed by atoms with E-state index < -0.39 is 5.54 Å². The number of hydrogen-bond acceptors (Lipinski definition) is 6. The molecule has 1 aliphatic rings. The van der Waals surface area contributed by atoms with E-state index in [4.69, 9.17) is 9.26 Å². The average Bonchev–Trinajstić information content (AvgIpc) is 3.08. The minimum Gasteiger partial charge on any atom is -0.482 e. The van der Waals surface area contributed by atoms with E-state index in [0.29, 0.717) is 23.2 Å². The molecule has 2 amide bonds. The molecular weight excluding hydrogens is 428 g/mol. The van der Waals surface area contributed by atoms with Gasteiger partial charge in [-0.25, -0.2) is 0 Å². The van der Waals surface area contributed by atoms with Gasteiger partial charge in [-0.3, -0.25) is 14.5 Å². The molecule has 1 aromatic heterocycles. The Morgan fingerprint density at radius 1 is 1.29 bits per heavy atom. The standard InChI is InChI=1S/C19H23BrN4O4/c1-18(2,3)17-21-16(23-28-17)19(4,5)22-14(25)9-24-12-7-6-11(20)8-13(12)27-10-15(24)26/h6-8H,9-10H2,1-5H3,(H,22,25). The Labute approximate surface area is 171 Å². The van der Waals surface area contributed by atoms with Crippen LogP contribution in [0.15, 0.2) is 27.2 Å². The number of carbonyl (C=O) groups is 2. The summed E-state index contributed by atoms with van der Waals surface area (Å²) >= 11 is 3.37. The van der Waals surface area contributed by atoms with Gasteiger partial charge >= 0.3 is 0 Å². The maximum absolute atomic E-state index is 12.7. The van der Waals surface area contributed by atoms with Crippen molar-refractivity contribution in [1.29, 1.82) is 0 Å². The number of ether oxygens (including phenoxy) is 1. The van der Waals surface area contributed by atoms with Crippen LogP contribution in [0.4, 0.5) is 5.69 Å². The third kappa shape index (κ3) is 4.19. The molecule has 150 valence electrons. The maximum Gasteiger partial charge on any atom is 0.265 e. The minimum atomic E-state index is -0.859. The molecule has 0 bridgehead atoms. The summed E-state index contributed by atoms with van der Waals surface area (Å²) in [6.07, 6.45) is 0. The molecule has 2 aromatic rings. The molecule has 0 spiro atoms. The quantitative estimate of drug-likeness (QED) is 0.768. The van der Waals surface area contributed by atoms with Crippen molar-refractivity contribution in [3.05, 3.63) is 34.4 Å². The summed E-state index contributed by atoms with van der Waals surface area (Å²) in [4.78, 5) is 30.8. The van der Waals surface area contributed by atoms with E-state index >= 15 is 0 Å². The van der Waals surface area contributed by atoms with Crippen LogP contribution in [0.2, 0.25) is 0 Å². The van der Waals surface area contributed by atoms with Crippen LogP contribution in [0, 0.1) is 0 Å². The van der Waals surface area contributed by atoms with Gasteiger partial charge in [0.15, 0.2) is 12.4 Å². The molecule has 8 nitrogen and oxygen atoms in total. The van der Waals surface area contributed by atoms with Gasteiger partial charge in [-0.05, 0) is 32.0 Å². The molecule has 0 saturated carbocycles. The van der Waals surface area contributed by atoms with E-state index in [1.54, 1.807) is 32.0 Å². The van der Waals surface area contributed by atoms with Crippen LogP contribution < -0.4 is 15.0 Å². The predicted molar refractivity (Wildman–Crippen MR) is 106 cm³/mol. The average molecular weight is 451 g/mol. The molecule has 1 N–H and O–H groups in total. The third-order valence-electron chi connectivity index (χ3n) is 4.25. The maximum atomic E-state index is 12.7. The summed E-state index contributed by atoms with van der Waals surface area (Å²) in [5, 5.41) is 6.89. The van der Waals surface area contributed by atoms with Gasteiger partial charge in [0.1, 0.15) is 12.3 Å². The number of hydrogen-bond donors (Lipinski definition) is 1. The first-order valence-electron chi connectivity index (χ1n) is 8.86. The van der Waals surface area contributed by atoms with Crippen molar-refractivity contribution >= 4 is 33.4 Å². The van der Waals surface area contributed by atoms with E-state index in [2.05, 4.69) is 31.4 Å². The van der Waals surface area contributed by atoms with Crippen LogP contribution in [0.3, 0.4) is 0 Å². The van der Waals surface area contributed by atoms with Crippen LogP contribution >= 0.6 is 15.9 Å². The molecule has 1 aliphatic heterocycles. The van der Waals surface area contributed by atoms with Crippen molar-refractivity contribution in [2.24, 2.45) is 0 Å². The summed E-state index contributed by atoms with van der Waals surface area (Å²) in [6, 6.07) is 5.30. The lowest BCUT2D eigenvalue weighted by Gasteiger charge is -2.30. The Kier molecular flexibility index (Phi) is 5.22. The fourth-order valence-corrected chi connectivity index (χ4v) is 3.06. The number of rotatable bonds is 4. The van der Waals surface area contributed by atoms with Gasteiger partial charge in [0.2, 0.25) is 11.8 Å². The van der Waals surface area contributed by atoms with Crippen molar-refractivity contribution in [3.8, 4) is 5.75 Å². The van der Waals surface area contributed by atoms with Crippen LogP contribution in [0.1, 0.15) is 46.3 Å². The highest BCUT2D eigenvalue weighted by Crippen LogP contribution is 2.34. The predicted octanol–water partition coefficient (Wildman–Crippen LogP) is 2.91. The van der Waals surface area contributed by atoms with Gasteiger partial charge in [-0.1, -0.05) is 41.9 Å². The van der Waals surface area contributed by atoms with E-state index in [0.717, 1.165) is 4.47 Å². The van der Waals surface area contributed by atoms with Gasteiger partial charge in [-0.2, -0.15) is 4.98 Å². The van der Waals surface area contributed by atoms with E-state index in [9.17, 15) is 9.59 Å². The zero-order valence-electron chi connectivity index (χ0n) is 16.5. The van der Waals surface area contributed by atoms with Gasteiger partial charge in [0.05, 0.1) is 11.2 Å². The first-order valence-corrected chi connectivity index (χ1v) is 9.65. The zero-order valence-corrected chi connectivity index (χ0v) is 18.1. The first-order chi connectivity index (χ1) is 13.0. The smallest absolute Gasteiger partial charge is 0.265 e. The van der Waals surface area contributed by atoms with Crippen molar-refractivity contribution < 1.29 is 18.8 Å². The Bertz CT molecular complexity index is 917. The topological polar surface area (TPSA) is 97.6 Å². The second-order valence-corrected chi connectivity index (χ2v) is 9.14. The van der Waals surface area contributed by atoms with Crippen molar-refractivity contribution in [2.75, 3.05) is 18.1 Å². The summed E-state index contributed by atoms with van der Waals surface area (Å²) in [5.74, 6) is 0.804. The van der Waals surface area contributed by atoms with Crippen LogP contribution in [0.25, 0.3) is 0 Å². The molecule has 3 rings (SSSR count). The van der Waals surface area contributed by atoms with Gasteiger partial charge in [-0.15, -0.1) is 0 Å². The number of halogens is 1. The van der Waals surface area contributed by atoms with Crippen molar-refractivity contribution in [2.45, 2.75) is 45.6 Å². The second-order valence-electron chi connectivity index (χ2n) is 8.23. The van der Waals surface area contributed by atoms with Crippen LogP contribution in [0.5, 0.6) is 5.75 Å². The molecule has 9 heteroatoms. The number of nitrogens with zero attached hydrogens (tertiary/aromatic N) is 3. The molecule has 0 saturated heterocycles. The Morgan fingerprint density at radius 3 is 2.64 bits per heavy atom. The zero-order chi connectivity index (χ0) is 20.7. The number of benzene rings is 1. The lowest BCUT2D eigenvalue weighted by molar-refractivity contribution is -0.126. The molecule has 0 radical (unpaired) electrons. The Hall–Kier alpha value is -2.42. The highest BCUT2D eigenvalue weighted by molar-refractivity contribution is 9.10. The second kappa shape index (κ2) is 7.20. The lowest BCUT2D eigenvalue weighted by atomic mass is 9.97. The SMILES string of the molecule is CC(C)(C)c1nc(C(C)(C)NC(=O)CN2C(=O)COc3cc(Br)ccc32)no1. The summed E-state index contributed by atoms with van der Waals surface area (Å²) < 4.78 is 11.6. The van der Waals surface area contributed by atoms with Gasteiger partial charge in [0.25, 0.3) is 5.91 Å². The van der Waals surface area contributed by atoms with E-state index in [1.807, 2.05) is 20.8 Å².